The van der Waals surface area contributed by atoms with Gasteiger partial charge in [0.25, 0.3) is 0 Å². The number of hydrogen-bond acceptors (Lipinski definition) is 4. The first-order valence-electron chi connectivity index (χ1n) is 6.27. The van der Waals surface area contributed by atoms with E-state index in [1.807, 2.05) is 24.3 Å². The number of hydrogen-bond donors (Lipinski definition) is 1. The van der Waals surface area contributed by atoms with Gasteiger partial charge in [-0.2, -0.15) is 5.10 Å². The molecule has 0 fully saturated rings. The Balaban J connectivity index is 1.95. The normalized spacial score (nSPS) is 11.6. The number of alkyl halides is 3. The van der Waals surface area contributed by atoms with Gasteiger partial charge in [-0.05, 0) is 41.5 Å². The van der Waals surface area contributed by atoms with Gasteiger partial charge >= 0.3 is 6.36 Å². The zero-order chi connectivity index (χ0) is 16.0. The molecular weight excluding hydrogens is 297 g/mol. The van der Waals surface area contributed by atoms with E-state index in [1.165, 1.54) is 30.5 Å². The molecule has 2 N–H and O–H groups in total. The van der Waals surface area contributed by atoms with Gasteiger partial charge in [-0.25, -0.2) is 0 Å². The third kappa shape index (κ3) is 5.01. The summed E-state index contributed by atoms with van der Waals surface area (Å²) in [5.74, 6) is 5.23. The molecule has 0 heterocycles. The van der Waals surface area contributed by atoms with Crippen molar-refractivity contribution in [3.8, 4) is 11.5 Å². The van der Waals surface area contributed by atoms with Crippen LogP contribution in [0.4, 0.5) is 13.2 Å². The number of nitrogens with two attached hydrogens (primary N) is 1. The maximum atomic E-state index is 12.0. The Bertz CT molecular complexity index is 640. The molecule has 0 atom stereocenters. The zero-order valence-corrected chi connectivity index (χ0v) is 11.4. The summed E-state index contributed by atoms with van der Waals surface area (Å²) in [6.45, 7) is 0.270. The van der Waals surface area contributed by atoms with Crippen LogP contribution in [0, 0.1) is 0 Å². The molecule has 116 valence electrons. The van der Waals surface area contributed by atoms with Gasteiger partial charge in [-0.15, -0.1) is 13.2 Å². The number of benzene rings is 2. The van der Waals surface area contributed by atoms with Crippen LogP contribution >= 0.6 is 0 Å². The molecule has 0 bridgehead atoms. The Labute approximate surface area is 125 Å². The van der Waals surface area contributed by atoms with Crippen molar-refractivity contribution in [2.45, 2.75) is 13.0 Å². The summed E-state index contributed by atoms with van der Waals surface area (Å²) < 4.78 is 45.4. The highest BCUT2D eigenvalue weighted by Gasteiger charge is 2.30. The SMILES string of the molecule is NN=Cc1cccc(COc2ccc(OC(F)(F)F)cc2)c1. The number of ether oxygens (including phenoxy) is 2. The Morgan fingerprint density at radius 1 is 1.05 bits per heavy atom. The highest BCUT2D eigenvalue weighted by atomic mass is 19.4. The van der Waals surface area contributed by atoms with Crippen molar-refractivity contribution in [3.05, 3.63) is 59.7 Å². The standard InChI is InChI=1S/C15H13F3N2O2/c16-15(17,18)22-14-6-4-13(5-7-14)21-10-12-3-1-2-11(8-12)9-20-19/h1-9H,10,19H2. The Morgan fingerprint density at radius 2 is 1.73 bits per heavy atom. The van der Waals surface area contributed by atoms with E-state index in [1.54, 1.807) is 0 Å². The molecule has 0 unspecified atom stereocenters. The van der Waals surface area contributed by atoms with Crippen LogP contribution in [0.1, 0.15) is 11.1 Å². The minimum absolute atomic E-state index is 0.270. The lowest BCUT2D eigenvalue weighted by Crippen LogP contribution is -2.16. The lowest BCUT2D eigenvalue weighted by molar-refractivity contribution is -0.274. The summed E-state index contributed by atoms with van der Waals surface area (Å²) in [5, 5.41) is 3.43. The van der Waals surface area contributed by atoms with E-state index >= 15 is 0 Å². The molecule has 4 nitrogen and oxygen atoms in total. The summed E-state index contributed by atoms with van der Waals surface area (Å²) in [5.41, 5.74) is 1.71. The van der Waals surface area contributed by atoms with Gasteiger partial charge in [-0.3, -0.25) is 0 Å². The molecule has 0 saturated heterocycles. The summed E-state index contributed by atoms with van der Waals surface area (Å²) in [6.07, 6.45) is -3.19. The predicted molar refractivity (Wildman–Crippen MR) is 75.7 cm³/mol. The molecule has 2 rings (SSSR count). The molecule has 2 aromatic carbocycles. The topological polar surface area (TPSA) is 56.8 Å². The molecule has 0 aliphatic carbocycles. The lowest BCUT2D eigenvalue weighted by atomic mass is 10.1. The van der Waals surface area contributed by atoms with E-state index in [2.05, 4.69) is 9.84 Å². The van der Waals surface area contributed by atoms with E-state index in [0.717, 1.165) is 11.1 Å². The fourth-order valence-corrected chi connectivity index (χ4v) is 1.75. The van der Waals surface area contributed by atoms with Crippen LogP contribution < -0.4 is 15.3 Å². The van der Waals surface area contributed by atoms with Crippen molar-refractivity contribution < 1.29 is 22.6 Å². The van der Waals surface area contributed by atoms with E-state index in [0.29, 0.717) is 5.75 Å². The van der Waals surface area contributed by atoms with Crippen molar-refractivity contribution in [2.75, 3.05) is 0 Å². The van der Waals surface area contributed by atoms with Crippen molar-refractivity contribution in [3.63, 3.8) is 0 Å². The van der Waals surface area contributed by atoms with Gasteiger partial charge in [0, 0.05) is 0 Å². The van der Waals surface area contributed by atoms with Gasteiger partial charge in [0.1, 0.15) is 18.1 Å². The highest BCUT2D eigenvalue weighted by Crippen LogP contribution is 2.25. The van der Waals surface area contributed by atoms with Gasteiger partial charge in [-0.1, -0.05) is 18.2 Å². The van der Waals surface area contributed by atoms with Crippen molar-refractivity contribution in [2.24, 2.45) is 10.9 Å². The Hall–Kier alpha value is -2.70. The number of hydrazone groups is 1. The quantitative estimate of drug-likeness (QED) is 0.523. The van der Waals surface area contributed by atoms with Crippen LogP contribution in [0.3, 0.4) is 0 Å². The average molecular weight is 310 g/mol. The Kier molecular flexibility index (Phi) is 4.88. The largest absolute Gasteiger partial charge is 0.573 e. The molecule has 0 aliphatic rings. The monoisotopic (exact) mass is 310 g/mol. The molecule has 0 amide bonds. The average Bonchev–Trinajstić information content (AvgIpc) is 2.46. The summed E-state index contributed by atoms with van der Waals surface area (Å²) in [7, 11) is 0. The first-order valence-corrected chi connectivity index (χ1v) is 6.27. The van der Waals surface area contributed by atoms with E-state index in [-0.39, 0.29) is 12.4 Å². The predicted octanol–water partition coefficient (Wildman–Crippen LogP) is 3.46. The first-order chi connectivity index (χ1) is 10.5. The smallest absolute Gasteiger partial charge is 0.489 e. The van der Waals surface area contributed by atoms with Crippen LogP contribution in [0.15, 0.2) is 53.6 Å². The third-order valence-electron chi connectivity index (χ3n) is 2.64. The minimum atomic E-state index is -4.70. The highest BCUT2D eigenvalue weighted by molar-refractivity contribution is 5.79. The second kappa shape index (κ2) is 6.84. The van der Waals surface area contributed by atoms with E-state index in [9.17, 15) is 13.2 Å². The summed E-state index contributed by atoms with van der Waals surface area (Å²) in [6, 6.07) is 12.6. The van der Waals surface area contributed by atoms with Crippen molar-refractivity contribution >= 4 is 6.21 Å². The molecule has 2 aromatic rings. The number of nitrogens with zero attached hydrogens (tertiary/aromatic N) is 1. The number of rotatable bonds is 5. The second-order valence-electron chi connectivity index (χ2n) is 4.33. The second-order valence-corrected chi connectivity index (χ2v) is 4.33. The number of halogens is 3. The van der Waals surface area contributed by atoms with E-state index < -0.39 is 6.36 Å². The molecule has 0 aliphatic heterocycles. The summed E-state index contributed by atoms with van der Waals surface area (Å²) >= 11 is 0. The fraction of sp³-hybridized carbons (Fsp3) is 0.133. The van der Waals surface area contributed by atoms with Gasteiger partial charge in [0.2, 0.25) is 0 Å². The molecule has 22 heavy (non-hydrogen) atoms. The maximum absolute atomic E-state index is 12.0. The van der Waals surface area contributed by atoms with Crippen LogP contribution in [0.5, 0.6) is 11.5 Å². The van der Waals surface area contributed by atoms with Crippen LogP contribution in [-0.2, 0) is 6.61 Å². The van der Waals surface area contributed by atoms with Gasteiger partial charge in [0.05, 0.1) is 6.21 Å². The molecule has 0 spiro atoms. The van der Waals surface area contributed by atoms with Gasteiger partial charge < -0.3 is 15.3 Å². The molecule has 0 radical (unpaired) electrons. The molecule has 0 saturated carbocycles. The lowest BCUT2D eigenvalue weighted by Gasteiger charge is -2.10. The molecule has 0 aromatic heterocycles. The fourth-order valence-electron chi connectivity index (χ4n) is 1.75. The molecule has 7 heteroatoms. The third-order valence-corrected chi connectivity index (χ3v) is 2.64. The van der Waals surface area contributed by atoms with Gasteiger partial charge in [0.15, 0.2) is 0 Å². The van der Waals surface area contributed by atoms with Crippen molar-refractivity contribution in [1.82, 2.24) is 0 Å². The van der Waals surface area contributed by atoms with E-state index in [4.69, 9.17) is 10.6 Å². The first kappa shape index (κ1) is 15.7. The maximum Gasteiger partial charge on any atom is 0.573 e. The van der Waals surface area contributed by atoms with Crippen LogP contribution in [0.25, 0.3) is 0 Å². The van der Waals surface area contributed by atoms with Crippen LogP contribution in [0.2, 0.25) is 0 Å². The zero-order valence-electron chi connectivity index (χ0n) is 11.4. The Morgan fingerprint density at radius 3 is 2.36 bits per heavy atom. The minimum Gasteiger partial charge on any atom is -0.489 e. The molecular formula is C15H13F3N2O2. The van der Waals surface area contributed by atoms with Crippen molar-refractivity contribution in [1.29, 1.82) is 0 Å². The summed E-state index contributed by atoms with van der Waals surface area (Å²) in [4.78, 5) is 0. The van der Waals surface area contributed by atoms with Crippen LogP contribution in [-0.4, -0.2) is 12.6 Å².